The minimum absolute atomic E-state index is 0.0169. The summed E-state index contributed by atoms with van der Waals surface area (Å²) in [5.74, 6) is -2.10. The lowest BCUT2D eigenvalue weighted by molar-refractivity contribution is -0.139. The van der Waals surface area contributed by atoms with E-state index in [0.717, 1.165) is 5.56 Å². The first-order valence-corrected chi connectivity index (χ1v) is 10.4. The van der Waals surface area contributed by atoms with Crippen LogP contribution in [0.4, 0.5) is 8.78 Å². The number of carboxylic acid groups (broad SMARTS) is 1. The van der Waals surface area contributed by atoms with Gasteiger partial charge >= 0.3 is 5.97 Å². The van der Waals surface area contributed by atoms with Crippen molar-refractivity contribution in [3.63, 3.8) is 0 Å². The molecule has 0 aliphatic carbocycles. The number of fused-ring (bicyclic) bond motifs is 1. The Kier molecular flexibility index (Phi) is 5.71. The van der Waals surface area contributed by atoms with Crippen LogP contribution in [0.1, 0.15) is 37.8 Å². The number of para-hydroxylation sites is 1. The quantitative estimate of drug-likeness (QED) is 0.759. The molecule has 2 aromatic carbocycles. The highest BCUT2D eigenvalue weighted by Crippen LogP contribution is 2.44. The maximum atomic E-state index is 14.7. The van der Waals surface area contributed by atoms with Crippen LogP contribution in [-0.2, 0) is 4.79 Å². The third-order valence-electron chi connectivity index (χ3n) is 5.62. The minimum Gasteiger partial charge on any atom is -0.485 e. The molecule has 0 saturated carbocycles. The number of nitrogens with zero attached hydrogens (tertiary/aromatic N) is 1. The molecule has 164 valence electrons. The molecular formula is C24H25F2NO4. The molecule has 1 fully saturated rings. The van der Waals surface area contributed by atoms with E-state index < -0.39 is 23.2 Å². The van der Waals surface area contributed by atoms with Gasteiger partial charge < -0.3 is 14.6 Å². The molecule has 31 heavy (non-hydrogen) atoms. The van der Waals surface area contributed by atoms with Gasteiger partial charge in [0.15, 0.2) is 17.4 Å². The van der Waals surface area contributed by atoms with Crippen LogP contribution in [0, 0.1) is 11.6 Å². The summed E-state index contributed by atoms with van der Waals surface area (Å²) < 4.78 is 41.1. The van der Waals surface area contributed by atoms with Crippen molar-refractivity contribution in [3.05, 3.63) is 65.2 Å². The van der Waals surface area contributed by atoms with Crippen molar-refractivity contribution in [2.24, 2.45) is 0 Å². The second kappa shape index (κ2) is 8.30. The molecule has 4 rings (SSSR count). The SMILES string of the molecule is CC(C)Oc1c(F)cc(C2=CC3(CCN(CC(=O)O)CC3)Oc3ccccc32)cc1F. The van der Waals surface area contributed by atoms with Crippen molar-refractivity contribution >= 4 is 11.5 Å². The maximum Gasteiger partial charge on any atom is 0.317 e. The van der Waals surface area contributed by atoms with Crippen molar-refractivity contribution in [1.82, 2.24) is 4.90 Å². The summed E-state index contributed by atoms with van der Waals surface area (Å²) >= 11 is 0. The second-order valence-corrected chi connectivity index (χ2v) is 8.33. The van der Waals surface area contributed by atoms with Crippen LogP contribution in [0.5, 0.6) is 11.5 Å². The average Bonchev–Trinajstić information content (AvgIpc) is 2.71. The fourth-order valence-corrected chi connectivity index (χ4v) is 4.20. The first-order valence-electron chi connectivity index (χ1n) is 10.4. The molecule has 7 heteroatoms. The van der Waals surface area contributed by atoms with Gasteiger partial charge in [0.25, 0.3) is 0 Å². The number of benzene rings is 2. The Morgan fingerprint density at radius 3 is 2.45 bits per heavy atom. The largest absolute Gasteiger partial charge is 0.485 e. The molecular weight excluding hydrogens is 404 g/mol. The normalized spacial score (nSPS) is 17.8. The van der Waals surface area contributed by atoms with Gasteiger partial charge in [-0.15, -0.1) is 0 Å². The predicted octanol–water partition coefficient (Wildman–Crippen LogP) is 4.50. The zero-order valence-corrected chi connectivity index (χ0v) is 17.5. The lowest BCUT2D eigenvalue weighted by atomic mass is 9.83. The number of likely N-dealkylation sites (tertiary alicyclic amines) is 1. The molecule has 0 unspecified atom stereocenters. The molecule has 1 N–H and O–H groups in total. The Labute approximate surface area is 179 Å². The summed E-state index contributed by atoms with van der Waals surface area (Å²) in [6.45, 7) is 4.52. The molecule has 0 aromatic heterocycles. The van der Waals surface area contributed by atoms with Gasteiger partial charge in [-0.25, -0.2) is 8.78 Å². The molecule has 0 bridgehead atoms. The lowest BCUT2D eigenvalue weighted by Crippen LogP contribution is -2.49. The number of carboxylic acids is 1. The van der Waals surface area contributed by atoms with Gasteiger partial charge in [-0.2, -0.15) is 0 Å². The maximum absolute atomic E-state index is 14.7. The monoisotopic (exact) mass is 429 g/mol. The molecule has 2 heterocycles. The predicted molar refractivity (Wildman–Crippen MR) is 112 cm³/mol. The van der Waals surface area contributed by atoms with Crippen molar-refractivity contribution in [2.75, 3.05) is 19.6 Å². The van der Waals surface area contributed by atoms with Gasteiger partial charge in [0.05, 0.1) is 12.6 Å². The second-order valence-electron chi connectivity index (χ2n) is 8.33. The number of ether oxygens (including phenoxy) is 2. The van der Waals surface area contributed by atoms with Crippen molar-refractivity contribution < 1.29 is 28.2 Å². The van der Waals surface area contributed by atoms with E-state index in [1.54, 1.807) is 13.8 Å². The van der Waals surface area contributed by atoms with Crippen LogP contribution >= 0.6 is 0 Å². The van der Waals surface area contributed by atoms with Crippen molar-refractivity contribution in [2.45, 2.75) is 38.4 Å². The van der Waals surface area contributed by atoms with Crippen LogP contribution in [-0.4, -0.2) is 47.3 Å². The van der Waals surface area contributed by atoms with Crippen LogP contribution in [0.15, 0.2) is 42.5 Å². The van der Waals surface area contributed by atoms with E-state index >= 15 is 0 Å². The molecule has 0 amide bonds. The standard InChI is InChI=1S/C24H25F2NO4/c1-15(2)30-23-19(25)11-16(12-20(23)26)18-13-24(31-21-6-4-3-5-17(18)21)7-9-27(10-8-24)14-22(28)29/h3-6,11-13,15H,7-10,14H2,1-2H3,(H,28,29). The number of rotatable bonds is 5. The summed E-state index contributed by atoms with van der Waals surface area (Å²) in [5.41, 5.74) is 1.22. The molecule has 2 aromatic rings. The highest BCUT2D eigenvalue weighted by Gasteiger charge is 2.39. The van der Waals surface area contributed by atoms with Crippen molar-refractivity contribution in [1.29, 1.82) is 0 Å². The number of aliphatic carboxylic acids is 1. The van der Waals surface area contributed by atoms with E-state index in [2.05, 4.69) is 0 Å². The Morgan fingerprint density at radius 1 is 1.19 bits per heavy atom. The summed E-state index contributed by atoms with van der Waals surface area (Å²) in [4.78, 5) is 12.9. The first kappa shape index (κ1) is 21.3. The summed E-state index contributed by atoms with van der Waals surface area (Å²) in [7, 11) is 0. The van der Waals surface area contributed by atoms with E-state index in [1.165, 1.54) is 12.1 Å². The van der Waals surface area contributed by atoms with Crippen LogP contribution in [0.2, 0.25) is 0 Å². The zero-order valence-electron chi connectivity index (χ0n) is 17.5. The summed E-state index contributed by atoms with van der Waals surface area (Å²) in [6, 6.07) is 10.0. The minimum atomic E-state index is -0.864. The summed E-state index contributed by atoms with van der Waals surface area (Å²) in [6.07, 6.45) is 2.75. The smallest absolute Gasteiger partial charge is 0.317 e. The molecule has 1 saturated heterocycles. The molecule has 2 aliphatic rings. The summed E-state index contributed by atoms with van der Waals surface area (Å²) in [5, 5.41) is 9.05. The third-order valence-corrected chi connectivity index (χ3v) is 5.62. The number of hydrogen-bond donors (Lipinski definition) is 1. The number of hydrogen-bond acceptors (Lipinski definition) is 4. The Hall–Kier alpha value is -2.93. The molecule has 0 atom stereocenters. The molecule has 2 aliphatic heterocycles. The van der Waals surface area contributed by atoms with Gasteiger partial charge in [-0.05, 0) is 49.3 Å². The fourth-order valence-electron chi connectivity index (χ4n) is 4.20. The van der Waals surface area contributed by atoms with Crippen molar-refractivity contribution in [3.8, 4) is 11.5 Å². The van der Waals surface area contributed by atoms with E-state index in [4.69, 9.17) is 14.6 Å². The van der Waals surface area contributed by atoms with Gasteiger partial charge in [0, 0.05) is 31.5 Å². The third kappa shape index (κ3) is 4.42. The van der Waals surface area contributed by atoms with E-state index in [-0.39, 0.29) is 18.4 Å². The van der Waals surface area contributed by atoms with E-state index in [1.807, 2.05) is 35.2 Å². The molecule has 0 radical (unpaired) electrons. The van der Waals surface area contributed by atoms with Crippen LogP contribution in [0.25, 0.3) is 5.57 Å². The van der Waals surface area contributed by atoms with E-state index in [0.29, 0.717) is 42.8 Å². The topological polar surface area (TPSA) is 59.0 Å². The van der Waals surface area contributed by atoms with Crippen LogP contribution < -0.4 is 9.47 Å². The van der Waals surface area contributed by atoms with Gasteiger partial charge in [0.1, 0.15) is 11.4 Å². The number of halogens is 2. The number of carbonyl (C=O) groups is 1. The van der Waals surface area contributed by atoms with E-state index in [9.17, 15) is 13.6 Å². The molecule has 1 spiro atoms. The Bertz CT molecular complexity index is 1000. The lowest BCUT2D eigenvalue weighted by Gasteiger charge is -2.42. The average molecular weight is 429 g/mol. The van der Waals surface area contributed by atoms with Gasteiger partial charge in [-0.3, -0.25) is 9.69 Å². The zero-order chi connectivity index (χ0) is 22.2. The highest BCUT2D eigenvalue weighted by molar-refractivity contribution is 5.85. The van der Waals surface area contributed by atoms with Gasteiger partial charge in [-0.1, -0.05) is 18.2 Å². The highest BCUT2D eigenvalue weighted by atomic mass is 19.1. The van der Waals surface area contributed by atoms with Gasteiger partial charge in [0.2, 0.25) is 0 Å². The molecule has 5 nitrogen and oxygen atoms in total. The Balaban J connectivity index is 1.72. The Morgan fingerprint density at radius 2 is 1.84 bits per heavy atom. The number of piperidine rings is 1. The first-order chi connectivity index (χ1) is 14.8. The fraction of sp³-hybridized carbons (Fsp3) is 0.375. The van der Waals surface area contributed by atoms with Crippen LogP contribution in [0.3, 0.4) is 0 Å².